The van der Waals surface area contributed by atoms with Gasteiger partial charge in [0.15, 0.2) is 6.79 Å². The van der Waals surface area contributed by atoms with E-state index < -0.39 is 23.1 Å². The van der Waals surface area contributed by atoms with Gasteiger partial charge in [0, 0.05) is 37.6 Å². The highest BCUT2D eigenvalue weighted by Crippen LogP contribution is 2.46. The Hall–Kier alpha value is -4.56. The zero-order valence-electron chi connectivity index (χ0n) is 30.4. The molecule has 1 amide bonds. The predicted octanol–water partition coefficient (Wildman–Crippen LogP) is 6.27. The van der Waals surface area contributed by atoms with Crippen LogP contribution in [-0.4, -0.2) is 113 Å². The Labute approximate surface area is 306 Å². The van der Waals surface area contributed by atoms with E-state index in [2.05, 4.69) is 9.80 Å². The zero-order chi connectivity index (χ0) is 36.6. The molecule has 0 saturated carbocycles. The lowest BCUT2D eigenvalue weighted by atomic mass is 9.95. The number of ether oxygens (including phenoxy) is 5. The van der Waals surface area contributed by atoms with Crippen molar-refractivity contribution in [3.8, 4) is 28.9 Å². The van der Waals surface area contributed by atoms with Gasteiger partial charge in [0.25, 0.3) is 0 Å². The summed E-state index contributed by atoms with van der Waals surface area (Å²) in [4.78, 5) is 34.8. The monoisotopic (exact) mass is 730 g/mol. The molecular weight excluding hydrogens is 686 g/mol. The Morgan fingerprint density at radius 2 is 1.92 bits per heavy atom. The van der Waals surface area contributed by atoms with Gasteiger partial charge in [-0.2, -0.15) is 9.97 Å². The number of carbonyl (C=O) groups is 1. The highest BCUT2D eigenvalue weighted by molar-refractivity contribution is 6.01. The molecule has 9 rings (SSSR count). The number of fused-ring (bicyclic) bond motifs is 7. The summed E-state index contributed by atoms with van der Waals surface area (Å²) in [7, 11) is 1.53. The molecule has 7 heterocycles. The van der Waals surface area contributed by atoms with Crippen LogP contribution >= 0.6 is 0 Å². The Morgan fingerprint density at radius 1 is 1.06 bits per heavy atom. The number of hydrogen-bond acceptors (Lipinski definition) is 11. The molecule has 2 aromatic heterocycles. The summed E-state index contributed by atoms with van der Waals surface area (Å²) in [5.41, 5.74) is 0.392. The molecule has 4 fully saturated rings. The molecule has 0 spiro atoms. The van der Waals surface area contributed by atoms with Crippen LogP contribution in [0, 0.1) is 5.82 Å². The van der Waals surface area contributed by atoms with E-state index in [9.17, 15) is 9.18 Å². The lowest BCUT2D eigenvalue weighted by molar-refractivity contribution is 0.00537. The topological polar surface area (TPSA) is 112 Å². The van der Waals surface area contributed by atoms with Crippen LogP contribution in [0.25, 0.3) is 32.9 Å². The van der Waals surface area contributed by atoms with E-state index in [1.54, 1.807) is 24.3 Å². The molecule has 0 radical (unpaired) electrons. The number of benzene rings is 2. The van der Waals surface area contributed by atoms with Gasteiger partial charge in [0.05, 0.1) is 34.9 Å². The summed E-state index contributed by atoms with van der Waals surface area (Å²) in [6.07, 6.45) is 2.61. The number of nitrogens with zero attached hydrogens (tertiary/aromatic N) is 6. The van der Waals surface area contributed by atoms with E-state index in [1.807, 2.05) is 31.7 Å². The van der Waals surface area contributed by atoms with Crippen LogP contribution in [-0.2, 0) is 9.47 Å². The summed E-state index contributed by atoms with van der Waals surface area (Å²) in [6, 6.07) is 9.82. The largest absolute Gasteiger partial charge is 0.475 e. The van der Waals surface area contributed by atoms with Crippen molar-refractivity contribution in [2.45, 2.75) is 88.3 Å². The first-order chi connectivity index (χ1) is 25.5. The zero-order valence-corrected chi connectivity index (χ0v) is 30.4. The van der Waals surface area contributed by atoms with Crippen molar-refractivity contribution < 1.29 is 37.3 Å². The van der Waals surface area contributed by atoms with Crippen molar-refractivity contribution in [1.29, 1.82) is 0 Å². The standard InChI is InChI=1S/C39H44F2N6O6/c1-38(2,3)53-37(48)47-24-9-10-30(47)31-19-50-35-33-29(15-28(42-35)26-14-25(52-21-49-4)13-22-7-5-8-27(41)32(22)26)43-36(44-34(33)46(31)18-24)51-20-39-11-6-12-45(39)17-23(40)16-39/h5,7-8,13-15,23-24,30-31H,6,9-12,16-21H2,1-4H3/t23-,24+,30-,31-,39-/m1/s1. The van der Waals surface area contributed by atoms with Crippen LogP contribution in [0.5, 0.6) is 17.6 Å². The smallest absolute Gasteiger partial charge is 0.410 e. The summed E-state index contributed by atoms with van der Waals surface area (Å²) in [5, 5.41) is 1.62. The van der Waals surface area contributed by atoms with E-state index in [0.717, 1.165) is 32.2 Å². The first kappa shape index (κ1) is 34.2. The number of hydrogen-bond donors (Lipinski definition) is 0. The van der Waals surface area contributed by atoms with Crippen LogP contribution in [0.4, 0.5) is 19.4 Å². The van der Waals surface area contributed by atoms with Crippen LogP contribution < -0.4 is 19.1 Å². The molecule has 0 unspecified atom stereocenters. The third kappa shape index (κ3) is 5.94. The molecule has 5 aliphatic rings. The van der Waals surface area contributed by atoms with E-state index in [-0.39, 0.29) is 50.2 Å². The van der Waals surface area contributed by atoms with Crippen molar-refractivity contribution in [2.24, 2.45) is 0 Å². The molecule has 5 atom stereocenters. The maximum atomic E-state index is 15.6. The van der Waals surface area contributed by atoms with Gasteiger partial charge in [0.1, 0.15) is 47.8 Å². The molecule has 2 bridgehead atoms. The van der Waals surface area contributed by atoms with Crippen molar-refractivity contribution in [2.75, 3.05) is 51.7 Å². The third-order valence-electron chi connectivity index (χ3n) is 11.4. The van der Waals surface area contributed by atoms with Crippen LogP contribution in [0.15, 0.2) is 36.4 Å². The average Bonchev–Trinajstić information content (AvgIpc) is 3.72. The van der Waals surface area contributed by atoms with E-state index >= 15 is 4.39 Å². The van der Waals surface area contributed by atoms with Gasteiger partial charge in [-0.3, -0.25) is 9.80 Å². The number of rotatable bonds is 7. The Kier molecular flexibility index (Phi) is 8.26. The summed E-state index contributed by atoms with van der Waals surface area (Å²) in [6.45, 7) is 7.86. The number of amides is 1. The number of pyridine rings is 1. The summed E-state index contributed by atoms with van der Waals surface area (Å²) >= 11 is 0. The van der Waals surface area contributed by atoms with Gasteiger partial charge in [-0.1, -0.05) is 12.1 Å². The first-order valence-corrected chi connectivity index (χ1v) is 18.5. The molecule has 14 heteroatoms. The van der Waals surface area contributed by atoms with Crippen molar-refractivity contribution >= 4 is 33.6 Å². The van der Waals surface area contributed by atoms with Crippen molar-refractivity contribution in [1.82, 2.24) is 24.8 Å². The fraction of sp³-hybridized carbons (Fsp3) is 0.538. The Bertz CT molecular complexity index is 2100. The number of anilines is 1. The van der Waals surface area contributed by atoms with E-state index in [0.29, 0.717) is 69.9 Å². The highest BCUT2D eigenvalue weighted by atomic mass is 19.1. The quantitative estimate of drug-likeness (QED) is 0.201. The summed E-state index contributed by atoms with van der Waals surface area (Å²) in [5.74, 6) is 0.985. The minimum atomic E-state index is -0.897. The predicted molar refractivity (Wildman–Crippen MR) is 193 cm³/mol. The molecule has 12 nitrogen and oxygen atoms in total. The van der Waals surface area contributed by atoms with Crippen LogP contribution in [0.1, 0.15) is 52.9 Å². The molecule has 4 aromatic rings. The molecule has 4 saturated heterocycles. The number of piperazine rings is 1. The molecule has 2 aromatic carbocycles. The van der Waals surface area contributed by atoms with Crippen molar-refractivity contribution in [3.05, 3.63) is 42.2 Å². The van der Waals surface area contributed by atoms with Gasteiger partial charge in [-0.25, -0.2) is 18.6 Å². The molecule has 0 aliphatic carbocycles. The molecule has 280 valence electrons. The highest BCUT2D eigenvalue weighted by Gasteiger charge is 2.52. The molecule has 5 aliphatic heterocycles. The number of methoxy groups -OCH3 is 1. The second-order valence-electron chi connectivity index (χ2n) is 16.0. The molecule has 53 heavy (non-hydrogen) atoms. The van der Waals surface area contributed by atoms with Gasteiger partial charge >= 0.3 is 12.1 Å². The first-order valence-electron chi connectivity index (χ1n) is 18.5. The van der Waals surface area contributed by atoms with Gasteiger partial charge in [0.2, 0.25) is 5.88 Å². The normalized spacial score (nSPS) is 26.4. The number of halogens is 2. The maximum Gasteiger partial charge on any atom is 0.410 e. The third-order valence-corrected chi connectivity index (χ3v) is 11.4. The fourth-order valence-corrected chi connectivity index (χ4v) is 9.26. The minimum absolute atomic E-state index is 0.0127. The van der Waals surface area contributed by atoms with Gasteiger partial charge in [-0.05, 0) is 82.7 Å². The van der Waals surface area contributed by atoms with Crippen LogP contribution in [0.2, 0.25) is 0 Å². The van der Waals surface area contributed by atoms with E-state index in [4.69, 9.17) is 38.6 Å². The Balaban J connectivity index is 1.17. The van der Waals surface area contributed by atoms with Crippen molar-refractivity contribution in [3.63, 3.8) is 0 Å². The van der Waals surface area contributed by atoms with Gasteiger partial charge < -0.3 is 28.6 Å². The second kappa shape index (κ2) is 12.8. The molecule has 0 N–H and O–H groups in total. The lowest BCUT2D eigenvalue weighted by Gasteiger charge is -2.46. The van der Waals surface area contributed by atoms with E-state index in [1.165, 1.54) is 13.2 Å². The average molecular weight is 731 g/mol. The minimum Gasteiger partial charge on any atom is -0.475 e. The fourth-order valence-electron chi connectivity index (χ4n) is 9.26. The number of aromatic nitrogens is 3. The number of carbonyl (C=O) groups excluding carboxylic acids is 1. The summed E-state index contributed by atoms with van der Waals surface area (Å²) < 4.78 is 60.2. The lowest BCUT2D eigenvalue weighted by Crippen LogP contribution is -2.63. The van der Waals surface area contributed by atoms with Crippen LogP contribution in [0.3, 0.4) is 0 Å². The second-order valence-corrected chi connectivity index (χ2v) is 16.0. The molecular formula is C39H44F2N6O6. The number of alkyl halides is 1. The SMILES string of the molecule is COCOc1cc(-c2cc3nc(OC[C@]45CCCN4C[C@H](F)C5)nc4c3c(n2)OC[C@@H]2[C@H]3CC[C@@H](CN42)N3C(=O)OC(C)(C)C)c2c(F)cccc2c1. The van der Waals surface area contributed by atoms with Gasteiger partial charge in [-0.15, -0.1) is 0 Å². The maximum absolute atomic E-state index is 15.6. The Morgan fingerprint density at radius 3 is 2.75 bits per heavy atom.